The van der Waals surface area contributed by atoms with E-state index >= 15 is 0 Å². The van der Waals surface area contributed by atoms with Crippen LogP contribution < -0.4 is 4.74 Å². The maximum absolute atomic E-state index is 13.0. The van der Waals surface area contributed by atoms with Gasteiger partial charge in [-0.2, -0.15) is 0 Å². The molecule has 1 aliphatic heterocycles. The number of nitrogens with zero attached hydrogens (tertiary/aromatic N) is 3. The van der Waals surface area contributed by atoms with Gasteiger partial charge in [0.2, 0.25) is 0 Å². The first-order valence-corrected chi connectivity index (χ1v) is 10.4. The molecule has 7 heteroatoms. The highest BCUT2D eigenvalue weighted by Gasteiger charge is 2.45. The molecular weight excluding hydrogens is 406 g/mol. The summed E-state index contributed by atoms with van der Waals surface area (Å²) in [4.78, 5) is 31.6. The molecule has 1 N–H and O–H groups in total. The normalized spacial score (nSPS) is 17.7. The lowest BCUT2D eigenvalue weighted by Gasteiger charge is -2.25. The second kappa shape index (κ2) is 9.09. The number of ketones is 1. The molecule has 7 nitrogen and oxygen atoms in total. The van der Waals surface area contributed by atoms with E-state index in [1.165, 1.54) is 0 Å². The number of hydrogen-bond acceptors (Lipinski definition) is 5. The molecule has 1 saturated heterocycles. The first-order valence-electron chi connectivity index (χ1n) is 10.4. The van der Waals surface area contributed by atoms with Crippen LogP contribution >= 0.6 is 0 Å². The highest BCUT2D eigenvalue weighted by Crippen LogP contribution is 2.39. The maximum Gasteiger partial charge on any atom is 0.295 e. The van der Waals surface area contributed by atoms with Crippen LogP contribution in [-0.4, -0.2) is 44.9 Å². The van der Waals surface area contributed by atoms with Crippen molar-refractivity contribution >= 4 is 17.4 Å². The number of ether oxygens (including phenoxy) is 1. The topological polar surface area (TPSA) is 84.7 Å². The van der Waals surface area contributed by atoms with Crippen LogP contribution in [0.2, 0.25) is 0 Å². The Hall–Kier alpha value is -3.87. The zero-order chi connectivity index (χ0) is 22.7. The van der Waals surface area contributed by atoms with E-state index in [2.05, 4.69) is 4.98 Å². The third-order valence-corrected chi connectivity index (χ3v) is 5.67. The molecule has 1 fully saturated rings. The zero-order valence-corrected chi connectivity index (χ0v) is 18.1. The van der Waals surface area contributed by atoms with Gasteiger partial charge in [-0.3, -0.25) is 9.59 Å². The molecule has 0 saturated carbocycles. The van der Waals surface area contributed by atoms with Gasteiger partial charge in [-0.05, 0) is 31.0 Å². The van der Waals surface area contributed by atoms with Crippen molar-refractivity contribution in [1.82, 2.24) is 14.5 Å². The van der Waals surface area contributed by atoms with Gasteiger partial charge >= 0.3 is 0 Å². The molecule has 0 bridgehead atoms. The van der Waals surface area contributed by atoms with Gasteiger partial charge in [-0.25, -0.2) is 4.98 Å². The van der Waals surface area contributed by atoms with Crippen LogP contribution in [0.4, 0.5) is 0 Å². The predicted molar refractivity (Wildman–Crippen MR) is 120 cm³/mol. The summed E-state index contributed by atoms with van der Waals surface area (Å²) in [6.07, 6.45) is 5.91. The number of likely N-dealkylation sites (tertiary alicyclic amines) is 1. The zero-order valence-electron chi connectivity index (χ0n) is 18.1. The molecule has 0 spiro atoms. The Morgan fingerprint density at radius 2 is 1.78 bits per heavy atom. The molecule has 1 unspecified atom stereocenters. The van der Waals surface area contributed by atoms with E-state index < -0.39 is 17.7 Å². The number of imidazole rings is 1. The van der Waals surface area contributed by atoms with Crippen molar-refractivity contribution in [3.8, 4) is 5.75 Å². The number of hydrogen-bond donors (Lipinski definition) is 1. The lowest BCUT2D eigenvalue weighted by molar-refractivity contribution is -0.139. The lowest BCUT2D eigenvalue weighted by atomic mass is 9.95. The largest absolute Gasteiger partial charge is 0.507 e. The van der Waals surface area contributed by atoms with Crippen LogP contribution in [0.3, 0.4) is 0 Å². The third-order valence-electron chi connectivity index (χ3n) is 5.67. The molecule has 1 amide bonds. The molecule has 164 valence electrons. The first-order chi connectivity index (χ1) is 15.5. The van der Waals surface area contributed by atoms with Gasteiger partial charge in [0.15, 0.2) is 0 Å². The summed E-state index contributed by atoms with van der Waals surface area (Å²) in [5.41, 5.74) is 2.38. The molecule has 1 atom stereocenters. The summed E-state index contributed by atoms with van der Waals surface area (Å²) in [5.74, 6) is -0.776. The van der Waals surface area contributed by atoms with Crippen molar-refractivity contribution in [2.24, 2.45) is 0 Å². The van der Waals surface area contributed by atoms with Crippen LogP contribution in [-0.2, 0) is 16.1 Å². The number of carbonyl (C=O) groups is 2. The van der Waals surface area contributed by atoms with E-state index in [0.29, 0.717) is 30.8 Å². The van der Waals surface area contributed by atoms with Crippen molar-refractivity contribution < 1.29 is 19.4 Å². The van der Waals surface area contributed by atoms with E-state index in [4.69, 9.17) is 4.74 Å². The molecule has 32 heavy (non-hydrogen) atoms. The Bertz CT molecular complexity index is 1130. The summed E-state index contributed by atoms with van der Waals surface area (Å²) in [6.45, 7) is 2.97. The number of aliphatic hydroxyl groups is 1. The van der Waals surface area contributed by atoms with Crippen molar-refractivity contribution in [2.75, 3.05) is 13.7 Å². The Morgan fingerprint density at radius 3 is 2.41 bits per heavy atom. The van der Waals surface area contributed by atoms with Crippen molar-refractivity contribution in [2.45, 2.75) is 25.9 Å². The van der Waals surface area contributed by atoms with Crippen LogP contribution in [0.5, 0.6) is 5.75 Å². The van der Waals surface area contributed by atoms with Gasteiger partial charge in [0.05, 0.1) is 25.1 Å². The van der Waals surface area contributed by atoms with Gasteiger partial charge in [0.25, 0.3) is 11.7 Å². The Kier molecular flexibility index (Phi) is 6.07. The van der Waals surface area contributed by atoms with E-state index in [0.717, 1.165) is 11.1 Å². The quantitative estimate of drug-likeness (QED) is 0.350. The Labute approximate surface area is 186 Å². The highest BCUT2D eigenvalue weighted by molar-refractivity contribution is 6.46. The van der Waals surface area contributed by atoms with E-state index in [1.807, 2.05) is 42.0 Å². The summed E-state index contributed by atoms with van der Waals surface area (Å²) in [7, 11) is 1.58. The van der Waals surface area contributed by atoms with E-state index in [-0.39, 0.29) is 11.3 Å². The van der Waals surface area contributed by atoms with Crippen LogP contribution in [0.25, 0.3) is 5.76 Å². The summed E-state index contributed by atoms with van der Waals surface area (Å²) in [6, 6.07) is 13.8. The third kappa shape index (κ3) is 4.14. The SMILES string of the molecule is COc1ccc(C2C(=C(O)c3ccc(C)cc3)C(=O)C(=O)N2CCCn2ccnc2)cc1. The number of aromatic nitrogens is 2. The number of benzene rings is 2. The minimum atomic E-state index is -0.676. The number of carbonyl (C=O) groups excluding carboxylic acids is 2. The molecule has 1 aliphatic rings. The number of Topliss-reactive ketones (excluding diaryl/α,β-unsaturated/α-hetero) is 1. The van der Waals surface area contributed by atoms with E-state index in [1.54, 1.807) is 48.8 Å². The number of aryl methyl sites for hydroxylation is 2. The van der Waals surface area contributed by atoms with Crippen LogP contribution in [0.15, 0.2) is 72.8 Å². The number of rotatable bonds is 7. The fourth-order valence-corrected chi connectivity index (χ4v) is 3.95. The molecule has 1 aromatic heterocycles. The van der Waals surface area contributed by atoms with Crippen molar-refractivity contribution in [3.05, 3.63) is 89.5 Å². The molecule has 3 aromatic rings. The molecule has 0 aliphatic carbocycles. The fraction of sp³-hybridized carbons (Fsp3) is 0.240. The maximum atomic E-state index is 13.0. The number of aliphatic hydroxyl groups excluding tert-OH is 1. The van der Waals surface area contributed by atoms with E-state index in [9.17, 15) is 14.7 Å². The van der Waals surface area contributed by atoms with Gasteiger partial charge in [0, 0.05) is 31.0 Å². The van der Waals surface area contributed by atoms with Crippen LogP contribution in [0.1, 0.15) is 29.2 Å². The standard InChI is InChI=1S/C25H25N3O4/c1-17-4-6-19(7-5-17)23(29)21-22(18-8-10-20(32-2)11-9-18)28(25(31)24(21)30)14-3-13-27-15-12-26-16-27/h4-12,15-16,22,29H,3,13-14H2,1-2H3. The summed E-state index contributed by atoms with van der Waals surface area (Å²) in [5, 5.41) is 11.1. The smallest absolute Gasteiger partial charge is 0.295 e. The summed E-state index contributed by atoms with van der Waals surface area (Å²) < 4.78 is 7.17. The molecule has 2 aromatic carbocycles. The predicted octanol–water partition coefficient (Wildman–Crippen LogP) is 3.71. The molecule has 4 rings (SSSR count). The molecule has 2 heterocycles. The summed E-state index contributed by atoms with van der Waals surface area (Å²) >= 11 is 0. The average molecular weight is 431 g/mol. The van der Waals surface area contributed by atoms with Crippen LogP contribution in [0, 0.1) is 6.92 Å². The second-order valence-corrected chi connectivity index (χ2v) is 7.79. The Balaban J connectivity index is 1.72. The lowest BCUT2D eigenvalue weighted by Crippen LogP contribution is -2.31. The van der Waals surface area contributed by atoms with Gasteiger partial charge in [-0.15, -0.1) is 0 Å². The van der Waals surface area contributed by atoms with Crippen molar-refractivity contribution in [1.29, 1.82) is 0 Å². The van der Waals surface area contributed by atoms with Crippen molar-refractivity contribution in [3.63, 3.8) is 0 Å². The minimum Gasteiger partial charge on any atom is -0.507 e. The van der Waals surface area contributed by atoms with Gasteiger partial charge in [-0.1, -0.05) is 42.0 Å². The first kappa shape index (κ1) is 21.4. The monoisotopic (exact) mass is 431 g/mol. The molecule has 0 radical (unpaired) electrons. The van der Waals surface area contributed by atoms with Gasteiger partial charge in [0.1, 0.15) is 11.5 Å². The number of amides is 1. The second-order valence-electron chi connectivity index (χ2n) is 7.79. The average Bonchev–Trinajstić information content (AvgIpc) is 3.41. The highest BCUT2D eigenvalue weighted by atomic mass is 16.5. The fourth-order valence-electron chi connectivity index (χ4n) is 3.95. The number of methoxy groups -OCH3 is 1. The Morgan fingerprint density at radius 1 is 1.06 bits per heavy atom. The minimum absolute atomic E-state index is 0.103. The van der Waals surface area contributed by atoms with Gasteiger partial charge < -0.3 is 19.3 Å². The molecular formula is C25H25N3O4.